The number of quaternary nitrogens is 1. The molecular formula is C8H19F6N2OP. The average Bonchev–Trinajstić information content (AvgIpc) is 2.14. The number of nitrogens with one attached hydrogen (secondary N) is 2. The van der Waals surface area contributed by atoms with Crippen molar-refractivity contribution in [2.24, 2.45) is 0 Å². The molecule has 114 valence electrons. The van der Waals surface area contributed by atoms with Crippen molar-refractivity contribution in [3.63, 3.8) is 0 Å². The predicted molar refractivity (Wildman–Crippen MR) is 58.2 cm³/mol. The molecule has 1 heterocycles. The summed E-state index contributed by atoms with van der Waals surface area (Å²) in [5, 5.41) is 3.33. The molecule has 1 saturated heterocycles. The Bertz CT molecular complexity index is 259. The van der Waals surface area contributed by atoms with Gasteiger partial charge in [0.2, 0.25) is 0 Å². The van der Waals surface area contributed by atoms with Crippen LogP contribution in [0.4, 0.5) is 25.2 Å². The topological polar surface area (TPSA) is 25.7 Å². The fraction of sp³-hybridized carbons (Fsp3) is 1.00. The molecule has 1 rings (SSSR count). The Morgan fingerprint density at radius 1 is 1.00 bits per heavy atom. The van der Waals surface area contributed by atoms with Crippen LogP contribution in [0.15, 0.2) is 0 Å². The molecule has 0 unspecified atom stereocenters. The van der Waals surface area contributed by atoms with Crippen LogP contribution in [0.2, 0.25) is 0 Å². The zero-order valence-corrected chi connectivity index (χ0v) is 11.3. The van der Waals surface area contributed by atoms with E-state index in [2.05, 4.69) is 19.2 Å². The zero-order valence-electron chi connectivity index (χ0n) is 10.5. The molecule has 0 radical (unpaired) electrons. The molecule has 18 heavy (non-hydrogen) atoms. The zero-order chi connectivity index (χ0) is 14.7. The molecule has 1 aliphatic rings. The Kier molecular flexibility index (Phi) is 4.74. The van der Waals surface area contributed by atoms with Gasteiger partial charge in [0.25, 0.3) is 0 Å². The first-order valence-electron chi connectivity index (χ1n) is 5.29. The van der Waals surface area contributed by atoms with Crippen LogP contribution in [0, 0.1) is 0 Å². The molecule has 10 heteroatoms. The molecule has 0 aliphatic carbocycles. The number of piperazine rings is 1. The van der Waals surface area contributed by atoms with E-state index in [0.29, 0.717) is 0 Å². The van der Waals surface area contributed by atoms with E-state index in [9.17, 15) is 25.2 Å². The van der Waals surface area contributed by atoms with Crippen LogP contribution in [0.1, 0.15) is 13.8 Å². The van der Waals surface area contributed by atoms with Gasteiger partial charge in [0.1, 0.15) is 0 Å². The van der Waals surface area contributed by atoms with Crippen LogP contribution in [-0.2, 0) is 4.74 Å². The maximum absolute atomic E-state index is 10.7. The number of ether oxygens (including phenoxy) is 1. The Labute approximate surface area is 102 Å². The van der Waals surface area contributed by atoms with E-state index < -0.39 is 7.81 Å². The third kappa shape index (κ3) is 12.3. The second kappa shape index (κ2) is 4.77. The molecule has 1 fully saturated rings. The third-order valence-electron chi connectivity index (χ3n) is 2.57. The summed E-state index contributed by atoms with van der Waals surface area (Å²) < 4.78 is 64.6. The molecule has 2 N–H and O–H groups in total. The van der Waals surface area contributed by atoms with Gasteiger partial charge in [-0.25, -0.2) is 0 Å². The van der Waals surface area contributed by atoms with E-state index in [1.54, 1.807) is 12.0 Å². The summed E-state index contributed by atoms with van der Waals surface area (Å²) in [6, 6.07) is 0. The molecule has 0 amide bonds. The Morgan fingerprint density at radius 2 is 1.33 bits per heavy atom. The van der Waals surface area contributed by atoms with Crippen molar-refractivity contribution in [3.8, 4) is 0 Å². The van der Waals surface area contributed by atoms with E-state index in [-0.39, 0.29) is 5.72 Å². The first-order chi connectivity index (χ1) is 7.62. The molecule has 0 spiro atoms. The minimum atomic E-state index is -10.7. The van der Waals surface area contributed by atoms with Gasteiger partial charge in [-0.15, -0.1) is 0 Å². The van der Waals surface area contributed by atoms with E-state index in [1.807, 2.05) is 0 Å². The van der Waals surface area contributed by atoms with Gasteiger partial charge in [-0.05, 0) is 0 Å². The minimum absolute atomic E-state index is 0.0118. The first-order valence-corrected chi connectivity index (χ1v) is 7.32. The average molecular weight is 304 g/mol. The van der Waals surface area contributed by atoms with Gasteiger partial charge in [-0.3, -0.25) is 0 Å². The van der Waals surface area contributed by atoms with Crippen LogP contribution in [0.25, 0.3) is 0 Å². The standard InChI is InChI=1S/C8H18N2O.F6P/c1-8(2,11-3)10-6-4-9-5-7-10;1-7(2,3,4,5)6/h9H,4-7H2,1-3H3;/q;-1/p+1. The quantitative estimate of drug-likeness (QED) is 0.604. The van der Waals surface area contributed by atoms with E-state index >= 15 is 0 Å². The van der Waals surface area contributed by atoms with Gasteiger partial charge >= 0.3 is 33.0 Å². The molecule has 0 bridgehead atoms. The van der Waals surface area contributed by atoms with Crippen LogP contribution >= 0.6 is 7.81 Å². The molecule has 0 aromatic rings. The van der Waals surface area contributed by atoms with Crippen molar-refractivity contribution in [1.82, 2.24) is 5.32 Å². The second-order valence-electron chi connectivity index (χ2n) is 4.53. The number of hydrogen-bond donors (Lipinski definition) is 2. The summed E-state index contributed by atoms with van der Waals surface area (Å²) in [7, 11) is -8.87. The molecule has 0 aromatic carbocycles. The van der Waals surface area contributed by atoms with Crippen LogP contribution in [-0.4, -0.2) is 39.0 Å². The number of hydrogen-bond acceptors (Lipinski definition) is 2. The third-order valence-corrected chi connectivity index (χ3v) is 2.57. The van der Waals surface area contributed by atoms with Gasteiger partial charge in [-0.2, -0.15) is 0 Å². The first kappa shape index (κ1) is 17.9. The maximum atomic E-state index is 9.87. The van der Waals surface area contributed by atoms with Crippen molar-refractivity contribution in [2.45, 2.75) is 19.6 Å². The van der Waals surface area contributed by atoms with E-state index in [0.717, 1.165) is 13.1 Å². The summed E-state index contributed by atoms with van der Waals surface area (Å²) in [6.45, 7) is 8.85. The summed E-state index contributed by atoms with van der Waals surface area (Å²) in [5.41, 5.74) is -0.0118. The van der Waals surface area contributed by atoms with Gasteiger partial charge in [-0.1, -0.05) is 0 Å². The van der Waals surface area contributed by atoms with Crippen molar-refractivity contribution < 1.29 is 34.8 Å². The summed E-state index contributed by atoms with van der Waals surface area (Å²) in [5.74, 6) is 0. The van der Waals surface area contributed by atoms with Gasteiger partial charge in [0, 0.05) is 34.0 Å². The number of methoxy groups -OCH3 is 1. The van der Waals surface area contributed by atoms with Crippen LogP contribution in [0.5, 0.6) is 0 Å². The van der Waals surface area contributed by atoms with Crippen molar-refractivity contribution in [2.75, 3.05) is 33.3 Å². The van der Waals surface area contributed by atoms with Crippen molar-refractivity contribution >= 4 is 7.81 Å². The molecule has 1 aliphatic heterocycles. The normalized spacial score (nSPS) is 22.5. The van der Waals surface area contributed by atoms with Gasteiger partial charge < -0.3 is 15.0 Å². The molecule has 3 nitrogen and oxygen atoms in total. The Balaban J connectivity index is 0.000000360. The predicted octanol–water partition coefficient (Wildman–Crippen LogP) is 2.24. The van der Waals surface area contributed by atoms with Crippen molar-refractivity contribution in [1.29, 1.82) is 0 Å². The van der Waals surface area contributed by atoms with Crippen LogP contribution < -0.4 is 10.2 Å². The number of halogens is 6. The molecule has 0 saturated carbocycles. The fourth-order valence-electron chi connectivity index (χ4n) is 1.47. The van der Waals surface area contributed by atoms with Crippen LogP contribution in [0.3, 0.4) is 0 Å². The SMILES string of the molecule is COC(C)(C)[NH+]1CCNCC1.F[P-](F)(F)(F)(F)F. The summed E-state index contributed by atoms with van der Waals surface area (Å²) >= 11 is 0. The molecule has 0 atom stereocenters. The van der Waals surface area contributed by atoms with E-state index in [1.165, 1.54) is 13.1 Å². The van der Waals surface area contributed by atoms with E-state index in [4.69, 9.17) is 4.74 Å². The molecule has 0 aromatic heterocycles. The monoisotopic (exact) mass is 304 g/mol. The fourth-order valence-corrected chi connectivity index (χ4v) is 1.47. The Hall–Kier alpha value is -0.110. The molecular weight excluding hydrogens is 285 g/mol. The summed E-state index contributed by atoms with van der Waals surface area (Å²) in [6.07, 6.45) is 0. The number of rotatable bonds is 2. The van der Waals surface area contributed by atoms with Crippen molar-refractivity contribution in [3.05, 3.63) is 0 Å². The van der Waals surface area contributed by atoms with Gasteiger partial charge in [0.15, 0.2) is 5.72 Å². The second-order valence-corrected chi connectivity index (χ2v) is 6.44. The summed E-state index contributed by atoms with van der Waals surface area (Å²) in [4.78, 5) is 1.54. The van der Waals surface area contributed by atoms with Gasteiger partial charge in [0.05, 0.1) is 13.1 Å². The Morgan fingerprint density at radius 3 is 1.61 bits per heavy atom.